The molecule has 1 rings (SSSR count). The first-order valence-corrected chi connectivity index (χ1v) is 8.16. The lowest BCUT2D eigenvalue weighted by atomic mass is 10.0. The molecule has 0 aliphatic rings. The van der Waals surface area contributed by atoms with E-state index in [1.54, 1.807) is 7.11 Å². The fourth-order valence-corrected chi connectivity index (χ4v) is 2.86. The van der Waals surface area contributed by atoms with Gasteiger partial charge in [0.15, 0.2) is 0 Å². The molecule has 1 aromatic carbocycles. The zero-order valence-corrected chi connectivity index (χ0v) is 14.1. The molecule has 0 aliphatic carbocycles. The lowest BCUT2D eigenvalue weighted by Crippen LogP contribution is -2.38. The van der Waals surface area contributed by atoms with Crippen LogP contribution in [-0.2, 0) is 4.74 Å². The highest BCUT2D eigenvalue weighted by Gasteiger charge is 2.17. The van der Waals surface area contributed by atoms with Crippen LogP contribution in [0.1, 0.15) is 44.8 Å². The van der Waals surface area contributed by atoms with Crippen molar-refractivity contribution in [2.24, 2.45) is 0 Å². The molecule has 0 heterocycles. The fraction of sp³-hybridized carbons (Fsp3) is 0.647. The van der Waals surface area contributed by atoms with Crippen LogP contribution in [-0.4, -0.2) is 42.9 Å². The standard InChI is InChI=1S/C17H28ClNO2/c1-4-16(5-2)19(11-12-21-3)10-9-17(20)14-7-6-8-15(18)13-14/h6-8,13,16-17,20H,4-5,9-12H2,1-3H3. The normalized spacial score (nSPS) is 13.1. The van der Waals surface area contributed by atoms with Crippen LogP contribution < -0.4 is 0 Å². The molecule has 4 heteroatoms. The lowest BCUT2D eigenvalue weighted by Gasteiger charge is -2.31. The molecule has 3 nitrogen and oxygen atoms in total. The van der Waals surface area contributed by atoms with Crippen LogP contribution >= 0.6 is 11.6 Å². The molecular formula is C17H28ClNO2. The third-order valence-corrected chi connectivity index (χ3v) is 4.20. The number of benzene rings is 1. The van der Waals surface area contributed by atoms with Crippen molar-refractivity contribution in [2.75, 3.05) is 26.8 Å². The van der Waals surface area contributed by atoms with Crippen LogP contribution in [0.25, 0.3) is 0 Å². The van der Waals surface area contributed by atoms with E-state index in [0.29, 0.717) is 17.5 Å². The van der Waals surface area contributed by atoms with Crippen LogP contribution in [0.4, 0.5) is 0 Å². The molecule has 0 bridgehead atoms. The fourth-order valence-electron chi connectivity index (χ4n) is 2.66. The molecule has 120 valence electrons. The average Bonchev–Trinajstić information content (AvgIpc) is 2.50. The molecule has 0 saturated heterocycles. The molecule has 1 aromatic rings. The Balaban J connectivity index is 2.58. The lowest BCUT2D eigenvalue weighted by molar-refractivity contribution is 0.0904. The van der Waals surface area contributed by atoms with Crippen molar-refractivity contribution in [3.63, 3.8) is 0 Å². The summed E-state index contributed by atoms with van der Waals surface area (Å²) in [4.78, 5) is 2.41. The SMILES string of the molecule is CCC(CC)N(CCOC)CCC(O)c1cccc(Cl)c1. The molecule has 0 spiro atoms. The molecule has 21 heavy (non-hydrogen) atoms. The molecule has 0 saturated carbocycles. The number of methoxy groups -OCH3 is 1. The Labute approximate surface area is 133 Å². The molecule has 0 fully saturated rings. The maximum Gasteiger partial charge on any atom is 0.0802 e. The first-order valence-electron chi connectivity index (χ1n) is 7.78. The van der Waals surface area contributed by atoms with Gasteiger partial charge in [0.25, 0.3) is 0 Å². The van der Waals surface area contributed by atoms with E-state index in [9.17, 15) is 5.11 Å². The maximum absolute atomic E-state index is 10.3. The predicted molar refractivity (Wildman–Crippen MR) is 88.8 cm³/mol. The maximum atomic E-state index is 10.3. The van der Waals surface area contributed by atoms with Gasteiger partial charge in [-0.05, 0) is 37.0 Å². The van der Waals surface area contributed by atoms with Crippen LogP contribution in [0, 0.1) is 0 Å². The minimum atomic E-state index is -0.469. The van der Waals surface area contributed by atoms with Gasteiger partial charge in [0, 0.05) is 31.3 Å². The Morgan fingerprint density at radius 3 is 2.52 bits per heavy atom. The van der Waals surface area contributed by atoms with Crippen LogP contribution in [0.3, 0.4) is 0 Å². The second kappa shape index (κ2) is 10.2. The Bertz CT molecular complexity index is 396. The van der Waals surface area contributed by atoms with E-state index in [1.165, 1.54) is 0 Å². The molecule has 0 radical (unpaired) electrons. The number of halogens is 1. The zero-order valence-electron chi connectivity index (χ0n) is 13.4. The van der Waals surface area contributed by atoms with Gasteiger partial charge in [0.1, 0.15) is 0 Å². The van der Waals surface area contributed by atoms with Crippen molar-refractivity contribution < 1.29 is 9.84 Å². The van der Waals surface area contributed by atoms with Gasteiger partial charge in [-0.2, -0.15) is 0 Å². The molecule has 1 atom stereocenters. The van der Waals surface area contributed by atoms with Gasteiger partial charge in [-0.15, -0.1) is 0 Å². The van der Waals surface area contributed by atoms with Crippen molar-refractivity contribution in [1.29, 1.82) is 0 Å². The van der Waals surface area contributed by atoms with E-state index in [-0.39, 0.29) is 0 Å². The van der Waals surface area contributed by atoms with E-state index < -0.39 is 6.10 Å². The third-order valence-electron chi connectivity index (χ3n) is 3.96. The summed E-state index contributed by atoms with van der Waals surface area (Å²) in [6.07, 6.45) is 2.48. The van der Waals surface area contributed by atoms with E-state index in [1.807, 2.05) is 24.3 Å². The van der Waals surface area contributed by atoms with Gasteiger partial charge in [-0.1, -0.05) is 37.6 Å². The van der Waals surface area contributed by atoms with Crippen LogP contribution in [0.5, 0.6) is 0 Å². The van der Waals surface area contributed by atoms with Crippen molar-refractivity contribution in [3.05, 3.63) is 34.9 Å². The van der Waals surface area contributed by atoms with Crippen LogP contribution in [0.2, 0.25) is 5.02 Å². The van der Waals surface area contributed by atoms with Crippen molar-refractivity contribution in [1.82, 2.24) is 4.90 Å². The average molecular weight is 314 g/mol. The number of aliphatic hydroxyl groups excluding tert-OH is 1. The van der Waals surface area contributed by atoms with Gasteiger partial charge in [-0.25, -0.2) is 0 Å². The van der Waals surface area contributed by atoms with Crippen molar-refractivity contribution in [3.8, 4) is 0 Å². The minimum absolute atomic E-state index is 0.469. The minimum Gasteiger partial charge on any atom is -0.388 e. The molecule has 1 N–H and O–H groups in total. The summed E-state index contributed by atoms with van der Waals surface area (Å²) in [6.45, 7) is 6.92. The van der Waals surface area contributed by atoms with E-state index in [0.717, 1.165) is 38.1 Å². The number of nitrogens with zero attached hydrogens (tertiary/aromatic N) is 1. The number of hydrogen-bond acceptors (Lipinski definition) is 3. The summed E-state index contributed by atoms with van der Waals surface area (Å²) in [5.41, 5.74) is 0.888. The zero-order chi connectivity index (χ0) is 15.7. The summed E-state index contributed by atoms with van der Waals surface area (Å²) in [6, 6.07) is 8.01. The molecular weight excluding hydrogens is 286 g/mol. The predicted octanol–water partition coefficient (Wildman–Crippen LogP) is 3.90. The largest absolute Gasteiger partial charge is 0.388 e. The molecule has 0 amide bonds. The topological polar surface area (TPSA) is 32.7 Å². The van der Waals surface area contributed by atoms with E-state index in [2.05, 4.69) is 18.7 Å². The smallest absolute Gasteiger partial charge is 0.0802 e. The summed E-state index contributed by atoms with van der Waals surface area (Å²) in [5, 5.41) is 11.0. The highest BCUT2D eigenvalue weighted by molar-refractivity contribution is 6.30. The summed E-state index contributed by atoms with van der Waals surface area (Å²) in [7, 11) is 1.73. The van der Waals surface area contributed by atoms with E-state index >= 15 is 0 Å². The quantitative estimate of drug-likeness (QED) is 0.711. The first-order chi connectivity index (χ1) is 10.1. The molecule has 0 aliphatic heterocycles. The summed E-state index contributed by atoms with van der Waals surface area (Å²) in [5.74, 6) is 0. The van der Waals surface area contributed by atoms with Gasteiger partial charge in [-0.3, -0.25) is 4.90 Å². The van der Waals surface area contributed by atoms with Crippen molar-refractivity contribution >= 4 is 11.6 Å². The van der Waals surface area contributed by atoms with E-state index in [4.69, 9.17) is 16.3 Å². The Kier molecular flexibility index (Phi) is 8.93. The number of rotatable bonds is 10. The summed E-state index contributed by atoms with van der Waals surface area (Å²) < 4.78 is 5.20. The second-order valence-electron chi connectivity index (χ2n) is 5.36. The van der Waals surface area contributed by atoms with Gasteiger partial charge in [0.05, 0.1) is 12.7 Å². The molecule has 0 aromatic heterocycles. The Morgan fingerprint density at radius 1 is 1.24 bits per heavy atom. The Hall–Kier alpha value is -0.610. The number of ether oxygens (including phenoxy) is 1. The molecule has 1 unspecified atom stereocenters. The summed E-state index contributed by atoms with van der Waals surface area (Å²) >= 11 is 5.98. The second-order valence-corrected chi connectivity index (χ2v) is 5.80. The van der Waals surface area contributed by atoms with Gasteiger partial charge >= 0.3 is 0 Å². The van der Waals surface area contributed by atoms with Gasteiger partial charge in [0.2, 0.25) is 0 Å². The van der Waals surface area contributed by atoms with Crippen LogP contribution in [0.15, 0.2) is 24.3 Å². The monoisotopic (exact) mass is 313 g/mol. The third kappa shape index (κ3) is 6.35. The number of hydrogen-bond donors (Lipinski definition) is 1. The van der Waals surface area contributed by atoms with Crippen molar-refractivity contribution in [2.45, 2.75) is 45.3 Å². The first kappa shape index (κ1) is 18.4. The highest BCUT2D eigenvalue weighted by Crippen LogP contribution is 2.21. The highest BCUT2D eigenvalue weighted by atomic mass is 35.5. The van der Waals surface area contributed by atoms with Gasteiger partial charge < -0.3 is 9.84 Å². The Morgan fingerprint density at radius 2 is 1.95 bits per heavy atom. The number of aliphatic hydroxyl groups is 1.